The number of benzene rings is 2. The van der Waals surface area contributed by atoms with Crippen molar-refractivity contribution in [3.05, 3.63) is 68.4 Å². The van der Waals surface area contributed by atoms with Crippen LogP contribution in [0.4, 0.5) is 4.39 Å². The lowest BCUT2D eigenvalue weighted by Crippen LogP contribution is -2.29. The normalized spacial score (nSPS) is 12.4. The van der Waals surface area contributed by atoms with Crippen molar-refractivity contribution in [1.29, 1.82) is 0 Å². The van der Waals surface area contributed by atoms with Gasteiger partial charge in [0.25, 0.3) is 0 Å². The first-order valence-electron chi connectivity index (χ1n) is 6.17. The van der Waals surface area contributed by atoms with Crippen LogP contribution in [0, 0.1) is 12.7 Å². The predicted molar refractivity (Wildman–Crippen MR) is 84.1 cm³/mol. The standard InChI is InChI=1S/C15H15BrClFN2/c1-9-2-3-10(7-13(9)16)15(20-19)8-11-6-12(17)4-5-14(11)18/h2-7,15,20H,8,19H2,1H3. The van der Waals surface area contributed by atoms with Gasteiger partial charge in [-0.2, -0.15) is 0 Å². The van der Waals surface area contributed by atoms with Gasteiger partial charge in [0.15, 0.2) is 0 Å². The maximum atomic E-state index is 13.8. The maximum Gasteiger partial charge on any atom is 0.126 e. The van der Waals surface area contributed by atoms with Crippen LogP contribution in [0.3, 0.4) is 0 Å². The molecule has 0 amide bonds. The molecular weight excluding hydrogens is 343 g/mol. The van der Waals surface area contributed by atoms with Crippen LogP contribution < -0.4 is 11.3 Å². The van der Waals surface area contributed by atoms with Gasteiger partial charge >= 0.3 is 0 Å². The Labute approximate surface area is 131 Å². The number of hydrogen-bond donors (Lipinski definition) is 2. The average molecular weight is 358 g/mol. The summed E-state index contributed by atoms with van der Waals surface area (Å²) in [6, 6.07) is 10.3. The van der Waals surface area contributed by atoms with Crippen molar-refractivity contribution in [2.45, 2.75) is 19.4 Å². The molecule has 0 aromatic heterocycles. The Bertz CT molecular complexity index is 619. The lowest BCUT2D eigenvalue weighted by Gasteiger charge is -2.18. The van der Waals surface area contributed by atoms with E-state index >= 15 is 0 Å². The van der Waals surface area contributed by atoms with Gasteiger partial charge in [0.1, 0.15) is 5.82 Å². The Hall–Kier alpha value is -0.940. The smallest absolute Gasteiger partial charge is 0.126 e. The highest BCUT2D eigenvalue weighted by atomic mass is 79.9. The molecule has 1 atom stereocenters. The fourth-order valence-electron chi connectivity index (χ4n) is 2.02. The van der Waals surface area contributed by atoms with Crippen LogP contribution in [0.1, 0.15) is 22.7 Å². The molecule has 0 saturated heterocycles. The van der Waals surface area contributed by atoms with Gasteiger partial charge in [0, 0.05) is 9.50 Å². The number of rotatable bonds is 4. The van der Waals surface area contributed by atoms with Crippen molar-refractivity contribution in [1.82, 2.24) is 5.43 Å². The van der Waals surface area contributed by atoms with Gasteiger partial charge in [-0.25, -0.2) is 4.39 Å². The molecule has 106 valence electrons. The Balaban J connectivity index is 2.28. The topological polar surface area (TPSA) is 38.0 Å². The molecule has 3 N–H and O–H groups in total. The molecule has 0 aliphatic heterocycles. The van der Waals surface area contributed by atoms with E-state index in [0.717, 1.165) is 15.6 Å². The molecule has 20 heavy (non-hydrogen) atoms. The average Bonchev–Trinajstić information content (AvgIpc) is 2.43. The molecule has 2 rings (SSSR count). The van der Waals surface area contributed by atoms with Crippen molar-refractivity contribution in [3.8, 4) is 0 Å². The predicted octanol–water partition coefficient (Wildman–Crippen LogP) is 4.30. The van der Waals surface area contributed by atoms with Crippen LogP contribution in [0.2, 0.25) is 5.02 Å². The van der Waals surface area contributed by atoms with E-state index in [4.69, 9.17) is 17.4 Å². The van der Waals surface area contributed by atoms with E-state index < -0.39 is 0 Å². The number of nitrogens with one attached hydrogen (secondary N) is 1. The lowest BCUT2D eigenvalue weighted by atomic mass is 9.98. The van der Waals surface area contributed by atoms with E-state index in [1.807, 2.05) is 25.1 Å². The van der Waals surface area contributed by atoms with E-state index in [-0.39, 0.29) is 11.9 Å². The molecule has 2 nitrogen and oxygen atoms in total. The first-order valence-corrected chi connectivity index (χ1v) is 7.34. The summed E-state index contributed by atoms with van der Waals surface area (Å²) in [5.41, 5.74) is 5.40. The van der Waals surface area contributed by atoms with Crippen molar-refractivity contribution in [3.63, 3.8) is 0 Å². The van der Waals surface area contributed by atoms with Gasteiger partial charge in [-0.05, 0) is 54.3 Å². The van der Waals surface area contributed by atoms with Gasteiger partial charge < -0.3 is 0 Å². The lowest BCUT2D eigenvalue weighted by molar-refractivity contribution is 0.529. The second-order valence-electron chi connectivity index (χ2n) is 4.67. The van der Waals surface area contributed by atoms with Crippen LogP contribution in [0.15, 0.2) is 40.9 Å². The van der Waals surface area contributed by atoms with Crippen molar-refractivity contribution in [2.75, 3.05) is 0 Å². The molecule has 0 heterocycles. The van der Waals surface area contributed by atoms with Gasteiger partial charge in [-0.15, -0.1) is 0 Å². The first-order chi connectivity index (χ1) is 9.51. The molecule has 5 heteroatoms. The number of hydrazine groups is 1. The van der Waals surface area contributed by atoms with Gasteiger partial charge in [-0.1, -0.05) is 39.7 Å². The van der Waals surface area contributed by atoms with Crippen LogP contribution >= 0.6 is 27.5 Å². The van der Waals surface area contributed by atoms with Crippen molar-refractivity contribution >= 4 is 27.5 Å². The molecule has 0 spiro atoms. The zero-order valence-corrected chi connectivity index (χ0v) is 13.3. The van der Waals surface area contributed by atoms with Gasteiger partial charge in [0.2, 0.25) is 0 Å². The Morgan fingerprint density at radius 2 is 2.05 bits per heavy atom. The monoisotopic (exact) mass is 356 g/mol. The Kier molecular flexibility index (Phi) is 5.16. The van der Waals surface area contributed by atoms with E-state index in [9.17, 15) is 4.39 Å². The Morgan fingerprint density at radius 1 is 1.30 bits per heavy atom. The second-order valence-corrected chi connectivity index (χ2v) is 5.96. The maximum absolute atomic E-state index is 13.8. The van der Waals surface area contributed by atoms with E-state index in [2.05, 4.69) is 21.4 Å². The molecule has 0 aliphatic carbocycles. The van der Waals surface area contributed by atoms with E-state index in [0.29, 0.717) is 17.0 Å². The van der Waals surface area contributed by atoms with E-state index in [1.54, 1.807) is 6.07 Å². The fraction of sp³-hybridized carbons (Fsp3) is 0.200. The largest absolute Gasteiger partial charge is 0.271 e. The third-order valence-electron chi connectivity index (χ3n) is 3.23. The molecule has 0 fully saturated rings. The highest BCUT2D eigenvalue weighted by Gasteiger charge is 2.14. The molecule has 1 unspecified atom stereocenters. The highest BCUT2D eigenvalue weighted by molar-refractivity contribution is 9.10. The number of nitrogens with two attached hydrogens (primary N) is 1. The van der Waals surface area contributed by atoms with Crippen LogP contribution in [0.25, 0.3) is 0 Å². The quantitative estimate of drug-likeness (QED) is 0.632. The Morgan fingerprint density at radius 3 is 2.70 bits per heavy atom. The number of hydrogen-bond acceptors (Lipinski definition) is 2. The molecular formula is C15H15BrClFN2. The summed E-state index contributed by atoms with van der Waals surface area (Å²) < 4.78 is 14.8. The second kappa shape index (κ2) is 6.68. The minimum absolute atomic E-state index is 0.181. The fourth-order valence-corrected chi connectivity index (χ4v) is 2.61. The van der Waals surface area contributed by atoms with Crippen LogP contribution in [-0.4, -0.2) is 0 Å². The zero-order chi connectivity index (χ0) is 14.7. The minimum Gasteiger partial charge on any atom is -0.271 e. The third-order valence-corrected chi connectivity index (χ3v) is 4.32. The summed E-state index contributed by atoms with van der Waals surface area (Å²) in [5, 5.41) is 0.516. The zero-order valence-electron chi connectivity index (χ0n) is 11.0. The SMILES string of the molecule is Cc1ccc(C(Cc2cc(Cl)ccc2F)NN)cc1Br. The summed E-state index contributed by atoms with van der Waals surface area (Å²) in [6.45, 7) is 2.01. The number of aryl methyl sites for hydroxylation is 1. The first kappa shape index (κ1) is 15.4. The molecule has 0 saturated carbocycles. The number of halogens is 3. The highest BCUT2D eigenvalue weighted by Crippen LogP contribution is 2.25. The van der Waals surface area contributed by atoms with Gasteiger partial charge in [-0.3, -0.25) is 11.3 Å². The summed E-state index contributed by atoms with van der Waals surface area (Å²) in [4.78, 5) is 0. The van der Waals surface area contributed by atoms with E-state index in [1.165, 1.54) is 12.1 Å². The minimum atomic E-state index is -0.277. The summed E-state index contributed by atoms with van der Waals surface area (Å²) in [5.74, 6) is 5.33. The molecule has 2 aromatic carbocycles. The summed E-state index contributed by atoms with van der Waals surface area (Å²) in [7, 11) is 0. The summed E-state index contributed by atoms with van der Waals surface area (Å²) >= 11 is 9.40. The van der Waals surface area contributed by atoms with Crippen LogP contribution in [-0.2, 0) is 6.42 Å². The molecule has 2 aromatic rings. The molecule has 0 bridgehead atoms. The summed E-state index contributed by atoms with van der Waals surface area (Å²) in [6.07, 6.45) is 0.429. The molecule has 0 aliphatic rings. The van der Waals surface area contributed by atoms with Crippen molar-refractivity contribution in [2.24, 2.45) is 5.84 Å². The van der Waals surface area contributed by atoms with Gasteiger partial charge in [0.05, 0.1) is 6.04 Å². The van der Waals surface area contributed by atoms with Crippen LogP contribution in [0.5, 0.6) is 0 Å². The third kappa shape index (κ3) is 3.58. The molecule has 0 radical (unpaired) electrons. The van der Waals surface area contributed by atoms with Crippen molar-refractivity contribution < 1.29 is 4.39 Å².